The third-order valence-electron chi connectivity index (χ3n) is 3.44. The zero-order valence-corrected chi connectivity index (χ0v) is 12.2. The molecule has 0 bridgehead atoms. The minimum Gasteiger partial charge on any atom is -0.316 e. The van der Waals surface area contributed by atoms with Gasteiger partial charge in [0, 0.05) is 11.1 Å². The molecule has 0 spiro atoms. The minimum absolute atomic E-state index is 0.405. The molecule has 0 aliphatic carbocycles. The average Bonchev–Trinajstić information content (AvgIpc) is 2.43. The van der Waals surface area contributed by atoms with Crippen LogP contribution in [0.1, 0.15) is 16.7 Å². The van der Waals surface area contributed by atoms with E-state index in [1.807, 2.05) is 25.2 Å². The lowest BCUT2D eigenvalue weighted by Gasteiger charge is -2.17. The molecule has 1 unspecified atom stereocenters. The molecular weight excluding hydrogens is 254 g/mol. The van der Waals surface area contributed by atoms with Gasteiger partial charge in [-0.3, -0.25) is 0 Å². The third-order valence-corrected chi connectivity index (χ3v) is 3.80. The van der Waals surface area contributed by atoms with Gasteiger partial charge in [0.1, 0.15) is 0 Å². The van der Waals surface area contributed by atoms with Gasteiger partial charge in [-0.05, 0) is 44.0 Å². The van der Waals surface area contributed by atoms with Gasteiger partial charge in [-0.25, -0.2) is 0 Å². The van der Waals surface area contributed by atoms with E-state index in [9.17, 15) is 0 Å². The Hall–Kier alpha value is -1.31. The molecular formula is C17H20ClN. The van der Waals surface area contributed by atoms with Gasteiger partial charge in [0.05, 0.1) is 0 Å². The van der Waals surface area contributed by atoms with Crippen LogP contribution in [0, 0.1) is 6.92 Å². The molecule has 0 amide bonds. The summed E-state index contributed by atoms with van der Waals surface area (Å²) in [6.45, 7) is 2.11. The Balaban J connectivity index is 2.05. The largest absolute Gasteiger partial charge is 0.316 e. The van der Waals surface area contributed by atoms with Gasteiger partial charge in [-0.2, -0.15) is 0 Å². The smallest absolute Gasteiger partial charge is 0.0438 e. The van der Waals surface area contributed by atoms with E-state index in [0.717, 1.165) is 17.9 Å². The second-order valence-electron chi connectivity index (χ2n) is 4.97. The van der Waals surface area contributed by atoms with Gasteiger partial charge in [-0.15, -0.1) is 0 Å². The molecule has 2 rings (SSSR count). The first kappa shape index (κ1) is 14.1. The molecule has 0 aromatic heterocycles. The predicted molar refractivity (Wildman–Crippen MR) is 82.9 cm³/mol. The molecule has 0 aliphatic heterocycles. The van der Waals surface area contributed by atoms with Crippen LogP contribution in [0.15, 0.2) is 48.5 Å². The monoisotopic (exact) mass is 273 g/mol. The van der Waals surface area contributed by atoms with Gasteiger partial charge in [0.2, 0.25) is 0 Å². The van der Waals surface area contributed by atoms with E-state index in [4.69, 9.17) is 11.6 Å². The van der Waals surface area contributed by atoms with Crippen molar-refractivity contribution in [3.63, 3.8) is 0 Å². The Morgan fingerprint density at radius 2 is 1.68 bits per heavy atom. The second-order valence-corrected chi connectivity index (χ2v) is 5.38. The van der Waals surface area contributed by atoms with Crippen molar-refractivity contribution in [3.05, 3.63) is 70.2 Å². The molecule has 100 valence electrons. The van der Waals surface area contributed by atoms with Crippen LogP contribution in [0.5, 0.6) is 0 Å². The van der Waals surface area contributed by atoms with E-state index in [-0.39, 0.29) is 0 Å². The predicted octanol–water partition coefficient (Wildman–Crippen LogP) is 4.02. The molecule has 0 fully saturated rings. The van der Waals surface area contributed by atoms with E-state index in [2.05, 4.69) is 42.6 Å². The fourth-order valence-electron chi connectivity index (χ4n) is 2.21. The van der Waals surface area contributed by atoms with Crippen LogP contribution in [0.3, 0.4) is 0 Å². The summed E-state index contributed by atoms with van der Waals surface area (Å²) in [5.74, 6) is 0. The zero-order chi connectivity index (χ0) is 13.7. The van der Waals surface area contributed by atoms with E-state index in [1.165, 1.54) is 16.7 Å². The topological polar surface area (TPSA) is 12.0 Å². The number of halogens is 1. The summed E-state index contributed by atoms with van der Waals surface area (Å²) in [4.78, 5) is 0. The first-order chi connectivity index (χ1) is 9.19. The molecule has 0 saturated heterocycles. The highest BCUT2D eigenvalue weighted by molar-refractivity contribution is 6.31. The van der Waals surface area contributed by atoms with Crippen LogP contribution in [0.2, 0.25) is 5.02 Å². The van der Waals surface area contributed by atoms with Crippen molar-refractivity contribution in [2.45, 2.75) is 25.8 Å². The molecule has 2 aromatic rings. The second kappa shape index (κ2) is 6.74. The number of hydrogen-bond acceptors (Lipinski definition) is 1. The zero-order valence-electron chi connectivity index (χ0n) is 11.5. The molecule has 1 nitrogen and oxygen atoms in total. The van der Waals surface area contributed by atoms with Crippen molar-refractivity contribution in [2.75, 3.05) is 7.05 Å². The molecule has 2 heteroatoms. The van der Waals surface area contributed by atoms with Gasteiger partial charge in [-0.1, -0.05) is 59.6 Å². The SMILES string of the molecule is CNC(Cc1ccc(C)cc1)Cc1ccccc1Cl. The number of aryl methyl sites for hydroxylation is 1. The Kier molecular flexibility index (Phi) is 5.00. The molecule has 1 atom stereocenters. The fourth-order valence-corrected chi connectivity index (χ4v) is 2.43. The normalized spacial score (nSPS) is 12.4. The van der Waals surface area contributed by atoms with Crippen molar-refractivity contribution in [1.29, 1.82) is 0 Å². The highest BCUT2D eigenvalue weighted by atomic mass is 35.5. The Labute approximate surface area is 120 Å². The van der Waals surface area contributed by atoms with Crippen LogP contribution in [-0.2, 0) is 12.8 Å². The minimum atomic E-state index is 0.405. The third kappa shape index (κ3) is 4.09. The number of nitrogens with one attached hydrogen (secondary N) is 1. The number of hydrogen-bond donors (Lipinski definition) is 1. The molecule has 0 saturated carbocycles. The van der Waals surface area contributed by atoms with E-state index in [1.54, 1.807) is 0 Å². The van der Waals surface area contributed by atoms with Gasteiger partial charge in [0.15, 0.2) is 0 Å². The van der Waals surface area contributed by atoms with Crippen LogP contribution in [0.25, 0.3) is 0 Å². The molecule has 2 aromatic carbocycles. The molecule has 0 radical (unpaired) electrons. The summed E-state index contributed by atoms with van der Waals surface area (Å²) in [5, 5.41) is 4.24. The lowest BCUT2D eigenvalue weighted by Crippen LogP contribution is -2.30. The quantitative estimate of drug-likeness (QED) is 0.868. The number of rotatable bonds is 5. The number of likely N-dealkylation sites (N-methyl/N-ethyl adjacent to an activating group) is 1. The van der Waals surface area contributed by atoms with E-state index >= 15 is 0 Å². The summed E-state index contributed by atoms with van der Waals surface area (Å²) >= 11 is 6.22. The summed E-state index contributed by atoms with van der Waals surface area (Å²) < 4.78 is 0. The fraction of sp³-hybridized carbons (Fsp3) is 0.294. The van der Waals surface area contributed by atoms with E-state index < -0.39 is 0 Å². The van der Waals surface area contributed by atoms with Crippen molar-refractivity contribution >= 4 is 11.6 Å². The Bertz CT molecular complexity index is 519. The Morgan fingerprint density at radius 1 is 1.00 bits per heavy atom. The maximum absolute atomic E-state index is 6.22. The van der Waals surface area contributed by atoms with Crippen LogP contribution < -0.4 is 5.32 Å². The van der Waals surface area contributed by atoms with Gasteiger partial charge < -0.3 is 5.32 Å². The van der Waals surface area contributed by atoms with Crippen molar-refractivity contribution in [2.24, 2.45) is 0 Å². The Morgan fingerprint density at radius 3 is 2.32 bits per heavy atom. The van der Waals surface area contributed by atoms with Crippen LogP contribution in [0.4, 0.5) is 0 Å². The summed E-state index contributed by atoms with van der Waals surface area (Å²) in [6, 6.07) is 17.2. The average molecular weight is 274 g/mol. The first-order valence-corrected chi connectivity index (χ1v) is 7.03. The van der Waals surface area contributed by atoms with E-state index in [0.29, 0.717) is 6.04 Å². The summed E-state index contributed by atoms with van der Waals surface area (Å²) in [6.07, 6.45) is 1.96. The maximum atomic E-state index is 6.22. The van der Waals surface area contributed by atoms with Crippen molar-refractivity contribution in [3.8, 4) is 0 Å². The molecule has 1 N–H and O–H groups in total. The highest BCUT2D eigenvalue weighted by Crippen LogP contribution is 2.18. The highest BCUT2D eigenvalue weighted by Gasteiger charge is 2.10. The summed E-state index contributed by atoms with van der Waals surface area (Å²) in [7, 11) is 2.01. The van der Waals surface area contributed by atoms with Gasteiger partial charge >= 0.3 is 0 Å². The number of benzene rings is 2. The van der Waals surface area contributed by atoms with Crippen molar-refractivity contribution < 1.29 is 0 Å². The standard InChI is InChI=1S/C17H20ClN/c1-13-7-9-14(10-8-13)11-16(19-2)12-15-5-3-4-6-17(15)18/h3-10,16,19H,11-12H2,1-2H3. The van der Waals surface area contributed by atoms with Crippen LogP contribution in [-0.4, -0.2) is 13.1 Å². The molecule has 19 heavy (non-hydrogen) atoms. The molecule has 0 heterocycles. The first-order valence-electron chi connectivity index (χ1n) is 6.65. The summed E-state index contributed by atoms with van der Waals surface area (Å²) in [5.41, 5.74) is 3.86. The van der Waals surface area contributed by atoms with Crippen LogP contribution >= 0.6 is 11.6 Å². The van der Waals surface area contributed by atoms with Gasteiger partial charge in [0.25, 0.3) is 0 Å². The lowest BCUT2D eigenvalue weighted by atomic mass is 9.98. The van der Waals surface area contributed by atoms with Crippen molar-refractivity contribution in [1.82, 2.24) is 5.32 Å². The molecule has 0 aliphatic rings. The lowest BCUT2D eigenvalue weighted by molar-refractivity contribution is 0.556. The maximum Gasteiger partial charge on any atom is 0.0438 e.